The van der Waals surface area contributed by atoms with Crippen molar-refractivity contribution in [3.05, 3.63) is 29.8 Å². The molecule has 0 saturated heterocycles. The third-order valence-electron chi connectivity index (χ3n) is 1.73. The van der Waals surface area contributed by atoms with Gasteiger partial charge < -0.3 is 9.84 Å². The lowest BCUT2D eigenvalue weighted by molar-refractivity contribution is -0.136. The van der Waals surface area contributed by atoms with Gasteiger partial charge in [0.05, 0.1) is 13.0 Å². The number of carboxylic acids is 1. The second kappa shape index (κ2) is 5.27. The van der Waals surface area contributed by atoms with E-state index in [-0.39, 0.29) is 6.42 Å². The van der Waals surface area contributed by atoms with Gasteiger partial charge in [-0.2, -0.15) is 0 Å². The Kier molecular flexibility index (Phi) is 3.98. The SMILES string of the molecule is CCCOc1cccc(CC(=O)O)c1. The fraction of sp³-hybridized carbons (Fsp3) is 0.364. The van der Waals surface area contributed by atoms with E-state index in [9.17, 15) is 4.79 Å². The molecule has 1 aromatic carbocycles. The van der Waals surface area contributed by atoms with Gasteiger partial charge in [-0.25, -0.2) is 0 Å². The van der Waals surface area contributed by atoms with Crippen LogP contribution in [0.3, 0.4) is 0 Å². The Bertz CT molecular complexity index is 307. The Balaban J connectivity index is 2.63. The van der Waals surface area contributed by atoms with E-state index >= 15 is 0 Å². The number of aliphatic carboxylic acids is 1. The monoisotopic (exact) mass is 194 g/mol. The normalized spacial score (nSPS) is 9.79. The summed E-state index contributed by atoms with van der Waals surface area (Å²) in [6, 6.07) is 7.20. The van der Waals surface area contributed by atoms with Crippen LogP contribution in [0.2, 0.25) is 0 Å². The molecular weight excluding hydrogens is 180 g/mol. The number of benzene rings is 1. The standard InChI is InChI=1S/C11H14O3/c1-2-6-14-10-5-3-4-9(7-10)8-11(12)13/h3-5,7H,2,6,8H2,1H3,(H,12,13). The quantitative estimate of drug-likeness (QED) is 0.780. The van der Waals surface area contributed by atoms with Crippen molar-refractivity contribution in [2.75, 3.05) is 6.61 Å². The number of hydrogen-bond donors (Lipinski definition) is 1. The van der Waals surface area contributed by atoms with Crippen molar-refractivity contribution < 1.29 is 14.6 Å². The van der Waals surface area contributed by atoms with Crippen LogP contribution in [0.1, 0.15) is 18.9 Å². The third kappa shape index (κ3) is 3.47. The van der Waals surface area contributed by atoms with Crippen LogP contribution in [0, 0.1) is 0 Å². The van der Waals surface area contributed by atoms with Gasteiger partial charge in [-0.3, -0.25) is 4.79 Å². The highest BCUT2D eigenvalue weighted by Gasteiger charge is 2.01. The summed E-state index contributed by atoms with van der Waals surface area (Å²) in [5, 5.41) is 8.59. The van der Waals surface area contributed by atoms with Crippen LogP contribution in [0.5, 0.6) is 5.75 Å². The minimum absolute atomic E-state index is 0.0450. The second-order valence-corrected chi connectivity index (χ2v) is 3.07. The van der Waals surface area contributed by atoms with Crippen LogP contribution < -0.4 is 4.74 Å². The van der Waals surface area contributed by atoms with Crippen molar-refractivity contribution in [2.24, 2.45) is 0 Å². The summed E-state index contributed by atoms with van der Waals surface area (Å²) in [6.07, 6.45) is 0.993. The van der Waals surface area contributed by atoms with Gasteiger partial charge in [0, 0.05) is 0 Å². The van der Waals surface area contributed by atoms with Crippen LogP contribution in [0.15, 0.2) is 24.3 Å². The third-order valence-corrected chi connectivity index (χ3v) is 1.73. The summed E-state index contributed by atoms with van der Waals surface area (Å²) < 4.78 is 5.38. The lowest BCUT2D eigenvalue weighted by atomic mass is 10.1. The molecule has 3 nitrogen and oxygen atoms in total. The maximum absolute atomic E-state index is 10.5. The molecule has 0 heterocycles. The maximum atomic E-state index is 10.5. The van der Waals surface area contributed by atoms with Crippen LogP contribution in [-0.2, 0) is 11.2 Å². The average Bonchev–Trinajstić information content (AvgIpc) is 2.14. The highest BCUT2D eigenvalue weighted by molar-refractivity contribution is 5.70. The van der Waals surface area contributed by atoms with E-state index in [0.29, 0.717) is 6.61 Å². The molecule has 3 heteroatoms. The van der Waals surface area contributed by atoms with Crippen molar-refractivity contribution in [3.63, 3.8) is 0 Å². The highest BCUT2D eigenvalue weighted by atomic mass is 16.5. The minimum atomic E-state index is -0.822. The molecule has 0 radical (unpaired) electrons. The molecule has 0 aliphatic rings. The zero-order valence-electron chi connectivity index (χ0n) is 8.19. The Hall–Kier alpha value is -1.51. The fourth-order valence-corrected chi connectivity index (χ4v) is 1.14. The van der Waals surface area contributed by atoms with E-state index in [2.05, 4.69) is 0 Å². The lowest BCUT2D eigenvalue weighted by Gasteiger charge is -2.05. The summed E-state index contributed by atoms with van der Waals surface area (Å²) in [4.78, 5) is 10.5. The Morgan fingerprint density at radius 1 is 1.50 bits per heavy atom. The molecule has 0 fully saturated rings. The van der Waals surface area contributed by atoms with Crippen molar-refractivity contribution >= 4 is 5.97 Å². The molecule has 0 atom stereocenters. The second-order valence-electron chi connectivity index (χ2n) is 3.07. The number of carboxylic acid groups (broad SMARTS) is 1. The Labute approximate surface area is 83.3 Å². The van der Waals surface area contributed by atoms with E-state index < -0.39 is 5.97 Å². The molecule has 1 N–H and O–H groups in total. The zero-order valence-corrected chi connectivity index (χ0v) is 8.19. The molecular formula is C11H14O3. The van der Waals surface area contributed by atoms with Crippen LogP contribution in [0.4, 0.5) is 0 Å². The van der Waals surface area contributed by atoms with E-state index in [0.717, 1.165) is 17.7 Å². The molecule has 76 valence electrons. The van der Waals surface area contributed by atoms with Gasteiger partial charge in [0.15, 0.2) is 0 Å². The van der Waals surface area contributed by atoms with Gasteiger partial charge >= 0.3 is 5.97 Å². The van der Waals surface area contributed by atoms with E-state index in [1.54, 1.807) is 12.1 Å². The molecule has 0 bridgehead atoms. The van der Waals surface area contributed by atoms with Crippen LogP contribution >= 0.6 is 0 Å². The molecule has 0 amide bonds. The number of carbonyl (C=O) groups is 1. The van der Waals surface area contributed by atoms with Crippen molar-refractivity contribution in [2.45, 2.75) is 19.8 Å². The first-order valence-electron chi connectivity index (χ1n) is 4.66. The molecule has 0 unspecified atom stereocenters. The van der Waals surface area contributed by atoms with Gasteiger partial charge in [-0.1, -0.05) is 19.1 Å². The molecule has 0 aliphatic heterocycles. The highest BCUT2D eigenvalue weighted by Crippen LogP contribution is 2.13. The predicted molar refractivity (Wildman–Crippen MR) is 53.6 cm³/mol. The summed E-state index contributed by atoms with van der Waals surface area (Å²) in [6.45, 7) is 2.69. The van der Waals surface area contributed by atoms with E-state index in [1.807, 2.05) is 19.1 Å². The van der Waals surface area contributed by atoms with Crippen molar-refractivity contribution in [3.8, 4) is 5.75 Å². The number of hydrogen-bond acceptors (Lipinski definition) is 2. The minimum Gasteiger partial charge on any atom is -0.494 e. The summed E-state index contributed by atoms with van der Waals surface area (Å²) >= 11 is 0. The molecule has 0 spiro atoms. The maximum Gasteiger partial charge on any atom is 0.307 e. The molecule has 0 aromatic heterocycles. The van der Waals surface area contributed by atoms with Gasteiger partial charge in [-0.15, -0.1) is 0 Å². The molecule has 1 aromatic rings. The van der Waals surface area contributed by atoms with Crippen molar-refractivity contribution in [1.29, 1.82) is 0 Å². The first-order chi connectivity index (χ1) is 6.72. The summed E-state index contributed by atoms with van der Waals surface area (Å²) in [5.74, 6) is -0.0803. The molecule has 0 aliphatic carbocycles. The van der Waals surface area contributed by atoms with Gasteiger partial charge in [0.1, 0.15) is 5.75 Å². The summed E-state index contributed by atoms with van der Waals surface area (Å²) in [7, 11) is 0. The Morgan fingerprint density at radius 2 is 2.29 bits per heavy atom. The first kappa shape index (κ1) is 10.6. The van der Waals surface area contributed by atoms with Crippen LogP contribution in [0.25, 0.3) is 0 Å². The van der Waals surface area contributed by atoms with Gasteiger partial charge in [0.2, 0.25) is 0 Å². The smallest absolute Gasteiger partial charge is 0.307 e. The fourth-order valence-electron chi connectivity index (χ4n) is 1.14. The lowest BCUT2D eigenvalue weighted by Crippen LogP contribution is -2.01. The topological polar surface area (TPSA) is 46.5 Å². The molecule has 0 saturated carbocycles. The molecule has 14 heavy (non-hydrogen) atoms. The molecule has 1 rings (SSSR count). The van der Waals surface area contributed by atoms with Crippen molar-refractivity contribution in [1.82, 2.24) is 0 Å². The zero-order chi connectivity index (χ0) is 10.4. The van der Waals surface area contributed by atoms with Gasteiger partial charge in [-0.05, 0) is 24.1 Å². The summed E-state index contributed by atoms with van der Waals surface area (Å²) in [5.41, 5.74) is 0.770. The number of ether oxygens (including phenoxy) is 1. The van der Waals surface area contributed by atoms with E-state index in [4.69, 9.17) is 9.84 Å². The average molecular weight is 194 g/mol. The predicted octanol–water partition coefficient (Wildman–Crippen LogP) is 2.10. The first-order valence-corrected chi connectivity index (χ1v) is 4.66. The number of rotatable bonds is 5. The van der Waals surface area contributed by atoms with Gasteiger partial charge in [0.25, 0.3) is 0 Å². The Morgan fingerprint density at radius 3 is 2.93 bits per heavy atom. The van der Waals surface area contributed by atoms with E-state index in [1.165, 1.54) is 0 Å². The largest absolute Gasteiger partial charge is 0.494 e. The van der Waals surface area contributed by atoms with Crippen LogP contribution in [-0.4, -0.2) is 17.7 Å².